The molecule has 18 heavy (non-hydrogen) atoms. The largest absolute Gasteiger partial charge is 0.373 e. The number of rotatable bonds is 3. The fourth-order valence-corrected chi connectivity index (χ4v) is 2.75. The SMILES string of the molecule is CNc1nc(C)nc(Sc2ccc(Br)cc2)c1C. The van der Waals surface area contributed by atoms with Crippen LogP contribution in [0.2, 0.25) is 0 Å². The summed E-state index contributed by atoms with van der Waals surface area (Å²) in [6.45, 7) is 3.94. The summed E-state index contributed by atoms with van der Waals surface area (Å²) in [7, 11) is 1.88. The summed E-state index contributed by atoms with van der Waals surface area (Å²) in [5.74, 6) is 1.67. The standard InChI is InChI=1S/C13H14BrN3S/c1-8-12(15-3)16-9(2)17-13(8)18-11-6-4-10(14)5-7-11/h4-7H,1-3H3,(H,15,16,17). The van der Waals surface area contributed by atoms with Gasteiger partial charge in [-0.2, -0.15) is 0 Å². The molecule has 1 aromatic heterocycles. The van der Waals surface area contributed by atoms with Crippen molar-refractivity contribution < 1.29 is 0 Å². The summed E-state index contributed by atoms with van der Waals surface area (Å²) >= 11 is 5.09. The third-order valence-electron chi connectivity index (χ3n) is 2.48. The van der Waals surface area contributed by atoms with Gasteiger partial charge in [0, 0.05) is 22.0 Å². The third kappa shape index (κ3) is 3.03. The lowest BCUT2D eigenvalue weighted by Gasteiger charge is -2.10. The van der Waals surface area contributed by atoms with Crippen LogP contribution in [0.3, 0.4) is 0 Å². The van der Waals surface area contributed by atoms with Gasteiger partial charge in [-0.15, -0.1) is 0 Å². The molecule has 5 heteroatoms. The van der Waals surface area contributed by atoms with Crippen LogP contribution in [0.5, 0.6) is 0 Å². The van der Waals surface area contributed by atoms with E-state index in [1.165, 1.54) is 4.90 Å². The zero-order valence-electron chi connectivity index (χ0n) is 10.5. The Kier molecular flexibility index (Phi) is 4.24. The smallest absolute Gasteiger partial charge is 0.133 e. The molecule has 1 N–H and O–H groups in total. The molecule has 0 aliphatic heterocycles. The van der Waals surface area contributed by atoms with E-state index in [1.807, 2.05) is 33.0 Å². The zero-order chi connectivity index (χ0) is 13.1. The predicted molar refractivity (Wildman–Crippen MR) is 79.3 cm³/mol. The van der Waals surface area contributed by atoms with Crippen molar-refractivity contribution in [2.24, 2.45) is 0 Å². The number of aryl methyl sites for hydroxylation is 1. The number of benzene rings is 1. The molecule has 3 nitrogen and oxygen atoms in total. The second-order valence-corrected chi connectivity index (χ2v) is 5.83. The highest BCUT2D eigenvalue weighted by atomic mass is 79.9. The lowest BCUT2D eigenvalue weighted by molar-refractivity contribution is 0.940. The Bertz CT molecular complexity index is 555. The van der Waals surface area contributed by atoms with Crippen molar-refractivity contribution in [1.29, 1.82) is 0 Å². The first kappa shape index (κ1) is 13.4. The van der Waals surface area contributed by atoms with Gasteiger partial charge in [-0.3, -0.25) is 0 Å². The highest BCUT2D eigenvalue weighted by Gasteiger charge is 2.09. The molecule has 0 saturated carbocycles. The van der Waals surface area contributed by atoms with Gasteiger partial charge in [0.25, 0.3) is 0 Å². The Morgan fingerprint density at radius 3 is 2.39 bits per heavy atom. The lowest BCUT2D eigenvalue weighted by Crippen LogP contribution is -2.01. The number of nitrogens with zero attached hydrogens (tertiary/aromatic N) is 2. The molecule has 1 heterocycles. The van der Waals surface area contributed by atoms with Gasteiger partial charge in [0.1, 0.15) is 16.7 Å². The summed E-state index contributed by atoms with van der Waals surface area (Å²) < 4.78 is 1.08. The molecular weight excluding hydrogens is 310 g/mol. The van der Waals surface area contributed by atoms with Crippen LogP contribution < -0.4 is 5.32 Å². The second kappa shape index (κ2) is 5.71. The van der Waals surface area contributed by atoms with Crippen molar-refractivity contribution in [2.75, 3.05) is 12.4 Å². The van der Waals surface area contributed by atoms with Crippen molar-refractivity contribution in [3.8, 4) is 0 Å². The van der Waals surface area contributed by atoms with E-state index in [4.69, 9.17) is 0 Å². The number of hydrogen-bond donors (Lipinski definition) is 1. The van der Waals surface area contributed by atoms with Crippen LogP contribution in [0.15, 0.2) is 38.7 Å². The van der Waals surface area contributed by atoms with E-state index >= 15 is 0 Å². The molecule has 1 aromatic carbocycles. The van der Waals surface area contributed by atoms with Crippen molar-refractivity contribution in [3.05, 3.63) is 40.1 Å². The molecule has 0 amide bonds. The first-order chi connectivity index (χ1) is 8.60. The fourth-order valence-electron chi connectivity index (χ4n) is 1.56. The number of hydrogen-bond acceptors (Lipinski definition) is 4. The highest BCUT2D eigenvalue weighted by Crippen LogP contribution is 2.31. The summed E-state index contributed by atoms with van der Waals surface area (Å²) in [6, 6.07) is 8.21. The van der Waals surface area contributed by atoms with Gasteiger partial charge < -0.3 is 5.32 Å². The molecule has 0 atom stereocenters. The van der Waals surface area contributed by atoms with Gasteiger partial charge in [-0.1, -0.05) is 27.7 Å². The Morgan fingerprint density at radius 1 is 1.11 bits per heavy atom. The molecule has 0 spiro atoms. The van der Waals surface area contributed by atoms with E-state index < -0.39 is 0 Å². The van der Waals surface area contributed by atoms with Crippen molar-refractivity contribution in [3.63, 3.8) is 0 Å². The number of anilines is 1. The van der Waals surface area contributed by atoms with Gasteiger partial charge in [0.2, 0.25) is 0 Å². The maximum absolute atomic E-state index is 4.50. The molecule has 0 saturated heterocycles. The van der Waals surface area contributed by atoms with Crippen molar-refractivity contribution >= 4 is 33.5 Å². The summed E-state index contributed by atoms with van der Waals surface area (Å²) in [6.07, 6.45) is 0. The Labute approximate surface area is 120 Å². The molecule has 2 aromatic rings. The summed E-state index contributed by atoms with van der Waals surface area (Å²) in [5, 5.41) is 4.09. The quantitative estimate of drug-likeness (QED) is 0.865. The number of halogens is 1. The van der Waals surface area contributed by atoms with Crippen LogP contribution in [0, 0.1) is 13.8 Å². The summed E-state index contributed by atoms with van der Waals surface area (Å²) in [5.41, 5.74) is 1.08. The fraction of sp³-hybridized carbons (Fsp3) is 0.231. The van der Waals surface area contributed by atoms with Crippen LogP contribution in [0.4, 0.5) is 5.82 Å². The summed E-state index contributed by atoms with van der Waals surface area (Å²) in [4.78, 5) is 10.0. The van der Waals surface area contributed by atoms with Gasteiger partial charge >= 0.3 is 0 Å². The monoisotopic (exact) mass is 323 g/mol. The average molecular weight is 324 g/mol. The topological polar surface area (TPSA) is 37.8 Å². The van der Waals surface area contributed by atoms with Crippen LogP contribution in [-0.2, 0) is 0 Å². The zero-order valence-corrected chi connectivity index (χ0v) is 12.9. The van der Waals surface area contributed by atoms with Crippen LogP contribution in [0.1, 0.15) is 11.4 Å². The minimum Gasteiger partial charge on any atom is -0.373 e. The van der Waals surface area contributed by atoms with E-state index in [0.717, 1.165) is 26.7 Å². The van der Waals surface area contributed by atoms with Gasteiger partial charge in [-0.25, -0.2) is 9.97 Å². The third-order valence-corrected chi connectivity index (χ3v) is 4.11. The van der Waals surface area contributed by atoms with Gasteiger partial charge in [0.15, 0.2) is 0 Å². The van der Waals surface area contributed by atoms with Crippen LogP contribution in [0.25, 0.3) is 0 Å². The molecule has 0 aliphatic carbocycles. The average Bonchev–Trinajstić information content (AvgIpc) is 2.36. The van der Waals surface area contributed by atoms with Gasteiger partial charge in [-0.05, 0) is 38.1 Å². The molecule has 94 valence electrons. The lowest BCUT2D eigenvalue weighted by atomic mass is 10.3. The maximum atomic E-state index is 4.50. The van der Waals surface area contributed by atoms with Crippen molar-refractivity contribution in [1.82, 2.24) is 9.97 Å². The van der Waals surface area contributed by atoms with E-state index in [9.17, 15) is 0 Å². The van der Waals surface area contributed by atoms with E-state index in [2.05, 4.69) is 43.3 Å². The van der Waals surface area contributed by atoms with Gasteiger partial charge in [0.05, 0.1) is 0 Å². The molecule has 0 aliphatic rings. The molecule has 0 fully saturated rings. The maximum Gasteiger partial charge on any atom is 0.133 e. The molecular formula is C13H14BrN3S. The first-order valence-corrected chi connectivity index (χ1v) is 7.17. The predicted octanol–water partition coefficient (Wildman–Crippen LogP) is 4.05. The second-order valence-electron chi connectivity index (χ2n) is 3.86. The van der Waals surface area contributed by atoms with E-state index in [-0.39, 0.29) is 0 Å². The molecule has 0 unspecified atom stereocenters. The Morgan fingerprint density at radius 2 is 1.78 bits per heavy atom. The normalized spacial score (nSPS) is 10.4. The van der Waals surface area contributed by atoms with Crippen LogP contribution in [-0.4, -0.2) is 17.0 Å². The highest BCUT2D eigenvalue weighted by molar-refractivity contribution is 9.10. The van der Waals surface area contributed by atoms with Crippen LogP contribution >= 0.6 is 27.7 Å². The first-order valence-electron chi connectivity index (χ1n) is 5.56. The van der Waals surface area contributed by atoms with E-state index in [1.54, 1.807) is 11.8 Å². The Balaban J connectivity index is 2.34. The van der Waals surface area contributed by atoms with E-state index in [0.29, 0.717) is 0 Å². The molecule has 2 rings (SSSR count). The minimum absolute atomic E-state index is 0.782. The van der Waals surface area contributed by atoms with Crippen molar-refractivity contribution in [2.45, 2.75) is 23.8 Å². The number of aromatic nitrogens is 2. The Hall–Kier alpha value is -1.07. The number of nitrogens with one attached hydrogen (secondary N) is 1. The molecule has 0 bridgehead atoms. The molecule has 0 radical (unpaired) electrons. The minimum atomic E-state index is 0.782.